The Labute approximate surface area is 115 Å². The maximum Gasteiger partial charge on any atom is 0.103 e. The zero-order valence-corrected chi connectivity index (χ0v) is 12.3. The maximum atomic E-state index is 5.38. The molecule has 1 aliphatic rings. The summed E-state index contributed by atoms with van der Waals surface area (Å²) in [5.74, 6) is 1.11. The molecule has 1 heterocycles. The molecule has 3 unspecified atom stereocenters. The second-order valence-corrected chi connectivity index (χ2v) is 6.55. The van der Waals surface area contributed by atoms with E-state index in [-0.39, 0.29) is 0 Å². The van der Waals surface area contributed by atoms with Gasteiger partial charge in [0, 0.05) is 23.8 Å². The van der Waals surface area contributed by atoms with Crippen LogP contribution in [0.2, 0.25) is 0 Å². The number of hydrogen-bond acceptors (Lipinski definition) is 3. The van der Waals surface area contributed by atoms with Crippen LogP contribution in [0.25, 0.3) is 0 Å². The molecule has 0 radical (unpaired) electrons. The summed E-state index contributed by atoms with van der Waals surface area (Å²) in [4.78, 5) is 0. The molecule has 1 N–H and O–H groups in total. The monoisotopic (exact) mass is 267 g/mol. The summed E-state index contributed by atoms with van der Waals surface area (Å²) in [6, 6.07) is 5.35. The molecule has 0 bridgehead atoms. The Morgan fingerprint density at radius 2 is 2.39 bits per heavy atom. The van der Waals surface area contributed by atoms with E-state index in [1.165, 1.54) is 25.7 Å². The molecule has 102 valence electrons. The van der Waals surface area contributed by atoms with Gasteiger partial charge in [-0.05, 0) is 51.0 Å². The van der Waals surface area contributed by atoms with Crippen LogP contribution >= 0.6 is 11.8 Å². The highest BCUT2D eigenvalue weighted by molar-refractivity contribution is 7.99. The van der Waals surface area contributed by atoms with Gasteiger partial charge in [0.1, 0.15) is 5.76 Å². The quantitative estimate of drug-likeness (QED) is 0.847. The van der Waals surface area contributed by atoms with Crippen LogP contribution in [0.4, 0.5) is 0 Å². The van der Waals surface area contributed by atoms with Crippen molar-refractivity contribution in [3.05, 3.63) is 24.2 Å². The van der Waals surface area contributed by atoms with Crippen LogP contribution in [0.1, 0.15) is 44.8 Å². The predicted octanol–water partition coefficient (Wildman–Crippen LogP) is 3.86. The molecule has 1 fully saturated rings. The van der Waals surface area contributed by atoms with Crippen molar-refractivity contribution in [3.8, 4) is 0 Å². The molecule has 1 aromatic rings. The summed E-state index contributed by atoms with van der Waals surface area (Å²) in [6.45, 7) is 2.30. The normalized spacial score (nSPS) is 26.1. The maximum absolute atomic E-state index is 5.38. The van der Waals surface area contributed by atoms with Crippen molar-refractivity contribution in [2.24, 2.45) is 0 Å². The van der Waals surface area contributed by atoms with E-state index in [0.717, 1.165) is 29.9 Å². The third kappa shape index (κ3) is 4.36. The molecule has 2 nitrogen and oxygen atoms in total. The highest BCUT2D eigenvalue weighted by Crippen LogP contribution is 2.27. The van der Waals surface area contributed by atoms with Gasteiger partial charge in [-0.1, -0.05) is 6.42 Å². The van der Waals surface area contributed by atoms with Gasteiger partial charge in [0.25, 0.3) is 0 Å². The molecule has 0 spiro atoms. The van der Waals surface area contributed by atoms with Crippen molar-refractivity contribution < 1.29 is 4.42 Å². The van der Waals surface area contributed by atoms with Gasteiger partial charge in [0.15, 0.2) is 0 Å². The summed E-state index contributed by atoms with van der Waals surface area (Å²) in [7, 11) is 0. The third-order valence-electron chi connectivity index (χ3n) is 3.88. The Morgan fingerprint density at radius 3 is 3.11 bits per heavy atom. The summed E-state index contributed by atoms with van der Waals surface area (Å²) >= 11 is 2.03. The number of thioether (sulfide) groups is 1. The Kier molecular flexibility index (Phi) is 5.64. The van der Waals surface area contributed by atoms with E-state index >= 15 is 0 Å². The second kappa shape index (κ2) is 7.25. The van der Waals surface area contributed by atoms with Gasteiger partial charge < -0.3 is 9.73 Å². The molecular formula is C15H25NOS. The zero-order valence-electron chi connectivity index (χ0n) is 11.5. The minimum absolute atomic E-state index is 0.584. The van der Waals surface area contributed by atoms with Gasteiger partial charge in [-0.15, -0.1) is 0 Å². The van der Waals surface area contributed by atoms with Crippen molar-refractivity contribution >= 4 is 11.8 Å². The van der Waals surface area contributed by atoms with Crippen molar-refractivity contribution in [3.63, 3.8) is 0 Å². The average molecular weight is 267 g/mol. The van der Waals surface area contributed by atoms with Gasteiger partial charge in [0.05, 0.1) is 6.26 Å². The predicted molar refractivity (Wildman–Crippen MR) is 79.2 cm³/mol. The lowest BCUT2D eigenvalue weighted by Crippen LogP contribution is -2.40. The number of aryl methyl sites for hydroxylation is 1. The number of furan rings is 1. The fourth-order valence-electron chi connectivity index (χ4n) is 2.81. The Bertz CT molecular complexity index is 325. The van der Waals surface area contributed by atoms with Gasteiger partial charge in [-0.3, -0.25) is 0 Å². The third-order valence-corrected chi connectivity index (χ3v) is 4.98. The van der Waals surface area contributed by atoms with Crippen LogP contribution in [0.15, 0.2) is 22.8 Å². The fourth-order valence-corrected chi connectivity index (χ4v) is 3.64. The van der Waals surface area contributed by atoms with Gasteiger partial charge in [0.2, 0.25) is 0 Å². The molecule has 1 aliphatic carbocycles. The first-order valence-corrected chi connectivity index (χ1v) is 8.38. The summed E-state index contributed by atoms with van der Waals surface area (Å²) in [5, 5.41) is 4.66. The minimum Gasteiger partial charge on any atom is -0.469 e. The second-order valence-electron chi connectivity index (χ2n) is 5.41. The Morgan fingerprint density at radius 1 is 1.50 bits per heavy atom. The molecule has 0 saturated heterocycles. The van der Waals surface area contributed by atoms with Crippen molar-refractivity contribution in [2.75, 3.05) is 6.26 Å². The highest BCUT2D eigenvalue weighted by Gasteiger charge is 2.22. The molecule has 0 aromatic carbocycles. The molecule has 1 saturated carbocycles. The first-order valence-electron chi connectivity index (χ1n) is 7.09. The molecule has 3 atom stereocenters. The fraction of sp³-hybridized carbons (Fsp3) is 0.733. The van der Waals surface area contributed by atoms with E-state index < -0.39 is 0 Å². The lowest BCUT2D eigenvalue weighted by atomic mass is 9.94. The Balaban J connectivity index is 1.68. The Hall–Kier alpha value is -0.410. The number of hydrogen-bond donors (Lipinski definition) is 1. The van der Waals surface area contributed by atoms with Crippen LogP contribution < -0.4 is 5.32 Å². The van der Waals surface area contributed by atoms with Crippen molar-refractivity contribution in [1.82, 2.24) is 5.32 Å². The first-order chi connectivity index (χ1) is 8.78. The van der Waals surface area contributed by atoms with E-state index in [1.807, 2.05) is 17.8 Å². The highest BCUT2D eigenvalue weighted by atomic mass is 32.2. The van der Waals surface area contributed by atoms with E-state index in [1.54, 1.807) is 6.26 Å². The molecule has 3 heteroatoms. The van der Waals surface area contributed by atoms with E-state index in [9.17, 15) is 0 Å². The van der Waals surface area contributed by atoms with E-state index in [0.29, 0.717) is 6.04 Å². The van der Waals surface area contributed by atoms with Crippen LogP contribution in [-0.4, -0.2) is 23.6 Å². The van der Waals surface area contributed by atoms with Gasteiger partial charge >= 0.3 is 0 Å². The standard InChI is InChI=1S/C15H25NOS/c1-12(8-9-14-6-4-10-17-14)16-13-5-3-7-15(11-13)18-2/h4,6,10,12-13,15-16H,3,5,7-9,11H2,1-2H3. The average Bonchev–Trinajstić information content (AvgIpc) is 2.90. The molecule has 18 heavy (non-hydrogen) atoms. The molecule has 2 rings (SSSR count). The first kappa shape index (κ1) is 14.0. The van der Waals surface area contributed by atoms with E-state index in [2.05, 4.69) is 24.6 Å². The minimum atomic E-state index is 0.584. The number of rotatable bonds is 6. The van der Waals surface area contributed by atoms with Crippen molar-refractivity contribution in [2.45, 2.75) is 62.8 Å². The van der Waals surface area contributed by atoms with Crippen molar-refractivity contribution in [1.29, 1.82) is 0 Å². The summed E-state index contributed by atoms with van der Waals surface area (Å²) in [5.41, 5.74) is 0. The molecule has 0 amide bonds. The van der Waals surface area contributed by atoms with Crippen LogP contribution in [0.5, 0.6) is 0 Å². The lowest BCUT2D eigenvalue weighted by Gasteiger charge is -2.31. The summed E-state index contributed by atoms with van der Waals surface area (Å²) < 4.78 is 5.38. The van der Waals surface area contributed by atoms with Crippen LogP contribution in [0.3, 0.4) is 0 Å². The SMILES string of the molecule is CSC1CCCC(NC(C)CCc2ccco2)C1. The van der Waals surface area contributed by atoms with Gasteiger partial charge in [-0.25, -0.2) is 0 Å². The zero-order chi connectivity index (χ0) is 12.8. The summed E-state index contributed by atoms with van der Waals surface area (Å²) in [6.07, 6.45) is 11.7. The topological polar surface area (TPSA) is 25.2 Å². The molecular weight excluding hydrogens is 242 g/mol. The number of nitrogens with one attached hydrogen (secondary N) is 1. The smallest absolute Gasteiger partial charge is 0.103 e. The van der Waals surface area contributed by atoms with Crippen LogP contribution in [0, 0.1) is 0 Å². The molecule has 1 aromatic heterocycles. The van der Waals surface area contributed by atoms with Crippen LogP contribution in [-0.2, 0) is 6.42 Å². The van der Waals surface area contributed by atoms with Gasteiger partial charge in [-0.2, -0.15) is 11.8 Å². The van der Waals surface area contributed by atoms with E-state index in [4.69, 9.17) is 4.42 Å². The largest absolute Gasteiger partial charge is 0.469 e. The molecule has 0 aliphatic heterocycles. The lowest BCUT2D eigenvalue weighted by molar-refractivity contribution is 0.338.